The molecule has 4 aliphatic carbocycles. The van der Waals surface area contributed by atoms with E-state index in [4.69, 9.17) is 4.74 Å². The van der Waals surface area contributed by atoms with Crippen molar-refractivity contribution in [1.82, 2.24) is 0 Å². The standard InChI is InChI=1S/C31H48O4/c1-4-5-6-7-8-9-10-11-12-13-28(34)35-29-25-15-14-22-23-16-17-27(33)31(23,3)20-18-24(22)30(25,2)21-19-26(29)32/h22-24H,4-21H2,1-3H3/t22-,23-,24-,30+,31-/m0/s1. The molecular formula is C31H48O4. The number of carbonyl (C=O) groups excluding carboxylic acids is 3. The van der Waals surface area contributed by atoms with Gasteiger partial charge in [-0.2, -0.15) is 0 Å². The largest absolute Gasteiger partial charge is 0.423 e. The lowest BCUT2D eigenvalue weighted by atomic mass is 9.47. The molecule has 0 bridgehead atoms. The minimum Gasteiger partial charge on any atom is -0.423 e. The molecular weight excluding hydrogens is 436 g/mol. The molecule has 35 heavy (non-hydrogen) atoms. The molecule has 0 aromatic carbocycles. The van der Waals surface area contributed by atoms with E-state index in [1.807, 2.05) is 0 Å². The lowest BCUT2D eigenvalue weighted by Gasteiger charge is -2.57. The van der Waals surface area contributed by atoms with Crippen LogP contribution in [-0.2, 0) is 19.1 Å². The SMILES string of the molecule is CCCCCCCCCCCC(=O)OC1=C2CC[C@@H]3[C@H](CC[C@]4(C)C(=O)CC[C@@H]34)[C@@]2(C)CCC1=O. The zero-order valence-electron chi connectivity index (χ0n) is 22.6. The van der Waals surface area contributed by atoms with Crippen molar-refractivity contribution in [1.29, 1.82) is 0 Å². The maximum atomic E-state index is 12.9. The van der Waals surface area contributed by atoms with Gasteiger partial charge in [0, 0.05) is 24.7 Å². The Hall–Kier alpha value is -1.45. The van der Waals surface area contributed by atoms with Crippen LogP contribution in [0.3, 0.4) is 0 Å². The van der Waals surface area contributed by atoms with E-state index < -0.39 is 0 Å². The van der Waals surface area contributed by atoms with E-state index in [9.17, 15) is 14.4 Å². The Kier molecular flexibility index (Phi) is 8.59. The third kappa shape index (κ3) is 5.32. The van der Waals surface area contributed by atoms with Gasteiger partial charge in [-0.05, 0) is 73.7 Å². The predicted molar refractivity (Wildman–Crippen MR) is 139 cm³/mol. The first kappa shape index (κ1) is 26.6. The van der Waals surface area contributed by atoms with Gasteiger partial charge in [0.1, 0.15) is 5.78 Å². The van der Waals surface area contributed by atoms with Gasteiger partial charge in [0.05, 0.1) is 0 Å². The second-order valence-electron chi connectivity index (χ2n) is 12.5. The quantitative estimate of drug-likeness (QED) is 0.221. The molecule has 4 rings (SSSR count). The molecule has 0 N–H and O–H groups in total. The van der Waals surface area contributed by atoms with Crippen LogP contribution in [0.15, 0.2) is 11.3 Å². The Morgan fingerprint density at radius 3 is 2.17 bits per heavy atom. The Labute approximate surface area is 213 Å². The number of hydrogen-bond acceptors (Lipinski definition) is 4. The number of ketones is 2. The summed E-state index contributed by atoms with van der Waals surface area (Å²) in [4.78, 5) is 38.3. The maximum Gasteiger partial charge on any atom is 0.311 e. The summed E-state index contributed by atoms with van der Waals surface area (Å²) in [7, 11) is 0. The molecule has 0 radical (unpaired) electrons. The van der Waals surface area contributed by atoms with E-state index in [0.29, 0.717) is 42.1 Å². The summed E-state index contributed by atoms with van der Waals surface area (Å²) in [5.74, 6) is 2.20. The highest BCUT2D eigenvalue weighted by atomic mass is 16.5. The molecule has 0 aromatic rings. The van der Waals surface area contributed by atoms with Gasteiger partial charge in [0.25, 0.3) is 0 Å². The van der Waals surface area contributed by atoms with E-state index >= 15 is 0 Å². The van der Waals surface area contributed by atoms with Gasteiger partial charge in [-0.15, -0.1) is 0 Å². The van der Waals surface area contributed by atoms with Gasteiger partial charge in [-0.25, -0.2) is 0 Å². The van der Waals surface area contributed by atoms with Gasteiger partial charge < -0.3 is 4.74 Å². The molecule has 4 nitrogen and oxygen atoms in total. The van der Waals surface area contributed by atoms with E-state index in [0.717, 1.165) is 63.4 Å². The van der Waals surface area contributed by atoms with Gasteiger partial charge in [0.15, 0.2) is 11.5 Å². The van der Waals surface area contributed by atoms with Gasteiger partial charge in [-0.1, -0.05) is 72.1 Å². The summed E-state index contributed by atoms with van der Waals surface area (Å²) < 4.78 is 5.85. The van der Waals surface area contributed by atoms with Crippen LogP contribution in [-0.4, -0.2) is 17.5 Å². The number of unbranched alkanes of at least 4 members (excludes halogenated alkanes) is 8. The number of allylic oxidation sites excluding steroid dienone is 1. The first-order chi connectivity index (χ1) is 16.8. The number of carbonyl (C=O) groups is 3. The molecule has 3 fully saturated rings. The Morgan fingerprint density at radius 1 is 0.800 bits per heavy atom. The van der Waals surface area contributed by atoms with Gasteiger partial charge in [-0.3, -0.25) is 14.4 Å². The van der Waals surface area contributed by atoms with E-state index in [1.54, 1.807) is 0 Å². The van der Waals surface area contributed by atoms with Crippen LogP contribution in [0.5, 0.6) is 0 Å². The van der Waals surface area contributed by atoms with Crippen molar-refractivity contribution in [3.8, 4) is 0 Å². The Balaban J connectivity index is 1.33. The zero-order valence-corrected chi connectivity index (χ0v) is 22.6. The minimum atomic E-state index is -0.229. The smallest absolute Gasteiger partial charge is 0.311 e. The minimum absolute atomic E-state index is 0.0213. The summed E-state index contributed by atoms with van der Waals surface area (Å²) in [6.45, 7) is 6.77. The molecule has 0 amide bonds. The Bertz CT molecular complexity index is 841. The van der Waals surface area contributed by atoms with Crippen LogP contribution in [0.1, 0.15) is 136 Å². The molecule has 0 spiro atoms. The molecule has 0 unspecified atom stereocenters. The fourth-order valence-electron chi connectivity index (χ4n) is 8.30. The summed E-state index contributed by atoms with van der Waals surface area (Å²) in [6.07, 6.45) is 18.3. The summed E-state index contributed by atoms with van der Waals surface area (Å²) in [6, 6.07) is 0. The molecule has 3 saturated carbocycles. The highest BCUT2D eigenvalue weighted by molar-refractivity contribution is 5.97. The monoisotopic (exact) mass is 484 g/mol. The van der Waals surface area contributed by atoms with Crippen LogP contribution in [0.25, 0.3) is 0 Å². The summed E-state index contributed by atoms with van der Waals surface area (Å²) in [5.41, 5.74) is 0.911. The fraction of sp³-hybridized carbons (Fsp3) is 0.839. The lowest BCUT2D eigenvalue weighted by Crippen LogP contribution is -2.51. The van der Waals surface area contributed by atoms with Gasteiger partial charge >= 0.3 is 5.97 Å². The third-order valence-corrected chi connectivity index (χ3v) is 10.5. The highest BCUT2D eigenvalue weighted by Crippen LogP contribution is 2.65. The summed E-state index contributed by atoms with van der Waals surface area (Å²) >= 11 is 0. The normalized spacial score (nSPS) is 34.4. The van der Waals surface area contributed by atoms with Crippen molar-refractivity contribution in [3.63, 3.8) is 0 Å². The zero-order chi connectivity index (χ0) is 25.1. The second-order valence-corrected chi connectivity index (χ2v) is 12.5. The van der Waals surface area contributed by atoms with E-state index in [1.165, 1.54) is 44.9 Å². The number of ether oxygens (including phenoxy) is 1. The Morgan fingerprint density at radius 2 is 1.46 bits per heavy atom. The molecule has 5 atom stereocenters. The molecule has 0 saturated heterocycles. The van der Waals surface area contributed by atoms with Crippen LogP contribution < -0.4 is 0 Å². The molecule has 196 valence electrons. The van der Waals surface area contributed by atoms with Crippen LogP contribution in [0.4, 0.5) is 0 Å². The predicted octanol–water partition coefficient (Wildman–Crippen LogP) is 7.88. The van der Waals surface area contributed by atoms with Crippen molar-refractivity contribution >= 4 is 17.5 Å². The van der Waals surface area contributed by atoms with Crippen molar-refractivity contribution in [2.45, 2.75) is 136 Å². The van der Waals surface area contributed by atoms with E-state index in [2.05, 4.69) is 20.8 Å². The molecule has 4 heteroatoms. The molecule has 4 aliphatic rings. The van der Waals surface area contributed by atoms with E-state index in [-0.39, 0.29) is 22.6 Å². The number of hydrogen-bond donors (Lipinski definition) is 0. The average molecular weight is 485 g/mol. The number of Topliss-reactive ketones (excluding diaryl/α,β-unsaturated/α-hetero) is 2. The highest BCUT2D eigenvalue weighted by Gasteiger charge is 2.59. The maximum absolute atomic E-state index is 12.9. The average Bonchev–Trinajstić information content (AvgIpc) is 3.14. The topological polar surface area (TPSA) is 60.4 Å². The first-order valence-corrected chi connectivity index (χ1v) is 14.8. The number of esters is 1. The van der Waals surface area contributed by atoms with Crippen LogP contribution in [0, 0.1) is 28.6 Å². The van der Waals surface area contributed by atoms with Crippen LogP contribution in [0.2, 0.25) is 0 Å². The van der Waals surface area contributed by atoms with Crippen molar-refractivity contribution < 1.29 is 19.1 Å². The number of fused-ring (bicyclic) bond motifs is 5. The van der Waals surface area contributed by atoms with Crippen molar-refractivity contribution in [2.75, 3.05) is 0 Å². The number of rotatable bonds is 11. The van der Waals surface area contributed by atoms with Crippen molar-refractivity contribution in [2.24, 2.45) is 28.6 Å². The molecule has 0 aromatic heterocycles. The van der Waals surface area contributed by atoms with Crippen LogP contribution >= 0.6 is 0 Å². The van der Waals surface area contributed by atoms with Gasteiger partial charge in [0.2, 0.25) is 0 Å². The fourth-order valence-corrected chi connectivity index (χ4v) is 8.30. The first-order valence-electron chi connectivity index (χ1n) is 14.8. The second kappa shape index (κ2) is 11.3. The third-order valence-electron chi connectivity index (χ3n) is 10.5. The molecule has 0 aliphatic heterocycles. The molecule has 0 heterocycles. The van der Waals surface area contributed by atoms with Crippen molar-refractivity contribution in [3.05, 3.63) is 11.3 Å². The summed E-state index contributed by atoms with van der Waals surface area (Å²) in [5, 5.41) is 0. The lowest BCUT2D eigenvalue weighted by molar-refractivity contribution is -0.144.